The number of thioether (sulfide) groups is 1. The summed E-state index contributed by atoms with van der Waals surface area (Å²) in [6.45, 7) is 0. The van der Waals surface area contributed by atoms with Crippen molar-refractivity contribution < 1.29 is 13.6 Å². The normalized spacial score (nSPS) is 11.2. The summed E-state index contributed by atoms with van der Waals surface area (Å²) in [5.41, 5.74) is 4.37. The molecular formula is C16H12FN3O2S. The van der Waals surface area contributed by atoms with E-state index in [9.17, 15) is 9.18 Å². The van der Waals surface area contributed by atoms with Crippen molar-refractivity contribution in [1.29, 1.82) is 0 Å². The Morgan fingerprint density at radius 2 is 2.17 bits per heavy atom. The first-order chi connectivity index (χ1) is 11.2. The zero-order chi connectivity index (χ0) is 16.1. The monoisotopic (exact) mass is 329 g/mol. The van der Waals surface area contributed by atoms with Gasteiger partial charge in [-0.2, -0.15) is 5.10 Å². The molecule has 0 aliphatic heterocycles. The average Bonchev–Trinajstić information content (AvgIpc) is 2.96. The van der Waals surface area contributed by atoms with Crippen molar-refractivity contribution in [2.24, 2.45) is 5.10 Å². The van der Waals surface area contributed by atoms with Crippen molar-refractivity contribution in [1.82, 2.24) is 10.4 Å². The van der Waals surface area contributed by atoms with Crippen LogP contribution in [0.15, 0.2) is 63.3 Å². The molecule has 1 amide bonds. The summed E-state index contributed by atoms with van der Waals surface area (Å²) >= 11 is 1.18. The lowest BCUT2D eigenvalue weighted by Gasteiger charge is -1.97. The van der Waals surface area contributed by atoms with Crippen LogP contribution >= 0.6 is 11.8 Å². The molecule has 116 valence electrons. The lowest BCUT2D eigenvalue weighted by molar-refractivity contribution is -0.118. The zero-order valence-corrected chi connectivity index (χ0v) is 12.7. The minimum absolute atomic E-state index is 0.118. The third-order valence-electron chi connectivity index (χ3n) is 2.85. The number of nitrogens with zero attached hydrogens (tertiary/aromatic N) is 2. The van der Waals surface area contributed by atoms with Crippen LogP contribution in [0.3, 0.4) is 0 Å². The van der Waals surface area contributed by atoms with Crippen LogP contribution in [0.5, 0.6) is 0 Å². The van der Waals surface area contributed by atoms with E-state index < -0.39 is 0 Å². The number of carbonyl (C=O) groups is 1. The SMILES string of the molecule is O=C(CSc1nc2ccccc2o1)N/N=C\c1cccc(F)c1. The van der Waals surface area contributed by atoms with Crippen molar-refractivity contribution in [3.8, 4) is 0 Å². The summed E-state index contributed by atoms with van der Waals surface area (Å²) in [6.07, 6.45) is 1.38. The van der Waals surface area contributed by atoms with Gasteiger partial charge in [0.2, 0.25) is 0 Å². The fourth-order valence-electron chi connectivity index (χ4n) is 1.84. The number of hydrogen-bond acceptors (Lipinski definition) is 5. The fourth-order valence-corrected chi connectivity index (χ4v) is 2.47. The van der Waals surface area contributed by atoms with E-state index in [4.69, 9.17) is 4.42 Å². The molecule has 0 saturated carbocycles. The van der Waals surface area contributed by atoms with Gasteiger partial charge in [-0.05, 0) is 29.8 Å². The molecule has 2 aromatic carbocycles. The van der Waals surface area contributed by atoms with E-state index in [1.165, 1.54) is 30.1 Å². The molecular weight excluding hydrogens is 317 g/mol. The van der Waals surface area contributed by atoms with Crippen LogP contribution in [0.1, 0.15) is 5.56 Å². The Morgan fingerprint density at radius 3 is 3.00 bits per heavy atom. The maximum Gasteiger partial charge on any atom is 0.257 e. The third kappa shape index (κ3) is 4.17. The van der Waals surface area contributed by atoms with Gasteiger partial charge in [0.25, 0.3) is 11.1 Å². The summed E-state index contributed by atoms with van der Waals surface area (Å²) in [5.74, 6) is -0.537. The van der Waals surface area contributed by atoms with E-state index >= 15 is 0 Å². The zero-order valence-electron chi connectivity index (χ0n) is 11.9. The minimum atomic E-state index is -0.355. The van der Waals surface area contributed by atoms with Gasteiger partial charge in [0.15, 0.2) is 5.58 Å². The Hall–Kier alpha value is -2.67. The summed E-state index contributed by atoms with van der Waals surface area (Å²) in [4.78, 5) is 16.0. The second kappa shape index (κ2) is 7.06. The Balaban J connectivity index is 1.51. The predicted octanol–water partition coefficient (Wildman–Crippen LogP) is 3.21. The first-order valence-electron chi connectivity index (χ1n) is 6.76. The quantitative estimate of drug-likeness (QED) is 0.443. The first-order valence-corrected chi connectivity index (χ1v) is 7.75. The number of fused-ring (bicyclic) bond motifs is 1. The summed E-state index contributed by atoms with van der Waals surface area (Å²) < 4.78 is 18.5. The maximum absolute atomic E-state index is 13.0. The third-order valence-corrected chi connectivity index (χ3v) is 3.68. The van der Waals surface area contributed by atoms with E-state index in [0.29, 0.717) is 16.4 Å². The van der Waals surface area contributed by atoms with E-state index in [0.717, 1.165) is 5.52 Å². The van der Waals surface area contributed by atoms with Gasteiger partial charge in [0.05, 0.1) is 12.0 Å². The molecule has 0 radical (unpaired) electrons. The molecule has 0 saturated heterocycles. The molecule has 3 aromatic rings. The van der Waals surface area contributed by atoms with Crippen molar-refractivity contribution >= 4 is 35.0 Å². The number of aromatic nitrogens is 1. The van der Waals surface area contributed by atoms with Crippen molar-refractivity contribution in [3.63, 3.8) is 0 Å². The van der Waals surface area contributed by atoms with E-state index in [1.54, 1.807) is 12.1 Å². The van der Waals surface area contributed by atoms with Gasteiger partial charge in [0, 0.05) is 0 Å². The van der Waals surface area contributed by atoms with Crippen molar-refractivity contribution in [2.45, 2.75) is 5.22 Å². The molecule has 0 unspecified atom stereocenters. The number of hydrogen-bond donors (Lipinski definition) is 1. The number of halogens is 1. The Morgan fingerprint density at radius 1 is 1.30 bits per heavy atom. The van der Waals surface area contributed by atoms with E-state index in [-0.39, 0.29) is 17.5 Å². The van der Waals surface area contributed by atoms with Gasteiger partial charge in [-0.3, -0.25) is 4.79 Å². The molecule has 1 heterocycles. The second-order valence-corrected chi connectivity index (χ2v) is 5.51. The van der Waals surface area contributed by atoms with E-state index in [2.05, 4.69) is 15.5 Å². The number of carbonyl (C=O) groups excluding carboxylic acids is 1. The Bertz CT molecular complexity index is 830. The highest BCUT2D eigenvalue weighted by atomic mass is 32.2. The number of rotatable bonds is 5. The first kappa shape index (κ1) is 15.2. The van der Waals surface area contributed by atoms with Crippen LogP contribution < -0.4 is 5.43 Å². The lowest BCUT2D eigenvalue weighted by Crippen LogP contribution is -2.19. The van der Waals surface area contributed by atoms with Gasteiger partial charge in [-0.1, -0.05) is 36.0 Å². The molecule has 0 spiro atoms. The summed E-state index contributed by atoms with van der Waals surface area (Å²) in [5, 5.41) is 4.21. The molecule has 1 N–H and O–H groups in total. The Kier molecular flexibility index (Phi) is 4.68. The van der Waals surface area contributed by atoms with Crippen molar-refractivity contribution in [2.75, 3.05) is 5.75 Å². The molecule has 23 heavy (non-hydrogen) atoms. The van der Waals surface area contributed by atoms with Gasteiger partial charge in [-0.25, -0.2) is 14.8 Å². The Labute approximate surface area is 135 Å². The van der Waals surface area contributed by atoms with E-state index in [1.807, 2.05) is 24.3 Å². The molecule has 5 nitrogen and oxygen atoms in total. The van der Waals surface area contributed by atoms with Crippen LogP contribution in [-0.4, -0.2) is 22.9 Å². The highest BCUT2D eigenvalue weighted by molar-refractivity contribution is 7.99. The molecule has 1 aromatic heterocycles. The average molecular weight is 329 g/mol. The molecule has 0 fully saturated rings. The number of para-hydroxylation sites is 2. The number of amides is 1. The lowest BCUT2D eigenvalue weighted by atomic mass is 10.2. The minimum Gasteiger partial charge on any atom is -0.431 e. The summed E-state index contributed by atoms with van der Waals surface area (Å²) in [6, 6.07) is 13.3. The van der Waals surface area contributed by atoms with Gasteiger partial charge in [-0.15, -0.1) is 0 Å². The smallest absolute Gasteiger partial charge is 0.257 e. The molecule has 3 rings (SSSR count). The number of benzene rings is 2. The van der Waals surface area contributed by atoms with Crippen LogP contribution in [-0.2, 0) is 4.79 Å². The molecule has 0 bridgehead atoms. The number of oxazole rings is 1. The summed E-state index contributed by atoms with van der Waals surface area (Å²) in [7, 11) is 0. The van der Waals surface area contributed by atoms with Crippen LogP contribution in [0.2, 0.25) is 0 Å². The predicted molar refractivity (Wildman–Crippen MR) is 86.9 cm³/mol. The van der Waals surface area contributed by atoms with Gasteiger partial charge >= 0.3 is 0 Å². The standard InChI is InChI=1S/C16H12FN3O2S/c17-12-5-3-4-11(8-12)9-18-20-15(21)10-23-16-19-13-6-1-2-7-14(13)22-16/h1-9H,10H2,(H,20,21)/b18-9-. The molecule has 0 aliphatic carbocycles. The molecule has 0 aliphatic rings. The van der Waals surface area contributed by atoms with Gasteiger partial charge in [0.1, 0.15) is 11.3 Å². The maximum atomic E-state index is 13.0. The van der Waals surface area contributed by atoms with Crippen LogP contribution in [0.4, 0.5) is 4.39 Å². The topological polar surface area (TPSA) is 67.5 Å². The van der Waals surface area contributed by atoms with Crippen molar-refractivity contribution in [3.05, 3.63) is 59.9 Å². The fraction of sp³-hybridized carbons (Fsp3) is 0.0625. The second-order valence-electron chi connectivity index (χ2n) is 4.58. The largest absolute Gasteiger partial charge is 0.431 e. The number of nitrogens with one attached hydrogen (secondary N) is 1. The highest BCUT2D eigenvalue weighted by Crippen LogP contribution is 2.22. The molecule has 7 heteroatoms. The van der Waals surface area contributed by atoms with Crippen LogP contribution in [0, 0.1) is 5.82 Å². The molecule has 0 atom stereocenters. The van der Waals surface area contributed by atoms with Crippen LogP contribution in [0.25, 0.3) is 11.1 Å². The highest BCUT2D eigenvalue weighted by Gasteiger charge is 2.08. The number of hydrazone groups is 1. The van der Waals surface area contributed by atoms with Gasteiger partial charge < -0.3 is 4.42 Å².